The Balaban J connectivity index is 1.81. The molecule has 1 unspecified atom stereocenters. The van der Waals surface area contributed by atoms with Gasteiger partial charge in [-0.15, -0.1) is 0 Å². The van der Waals surface area contributed by atoms with Gasteiger partial charge in [0.1, 0.15) is 4.90 Å². The number of rotatable bonds is 8. The first-order valence-electron chi connectivity index (χ1n) is 7.40. The van der Waals surface area contributed by atoms with Gasteiger partial charge in [0.2, 0.25) is 10.0 Å². The average molecular weight is 316 g/mol. The molecule has 7 nitrogen and oxygen atoms in total. The number of nitrogens with zero attached hydrogens (tertiary/aromatic N) is 2. The molecule has 0 aromatic carbocycles. The molecule has 1 saturated heterocycles. The molecule has 21 heavy (non-hydrogen) atoms. The Morgan fingerprint density at radius 1 is 1.43 bits per heavy atom. The van der Waals surface area contributed by atoms with Crippen molar-refractivity contribution in [1.82, 2.24) is 19.8 Å². The van der Waals surface area contributed by atoms with Gasteiger partial charge in [-0.05, 0) is 32.7 Å². The maximum absolute atomic E-state index is 12.1. The summed E-state index contributed by atoms with van der Waals surface area (Å²) < 4.78 is 34.1. The number of ether oxygens (including phenoxy) is 1. The Labute approximate surface area is 126 Å². The van der Waals surface area contributed by atoms with Crippen molar-refractivity contribution in [3.63, 3.8) is 0 Å². The van der Waals surface area contributed by atoms with Crippen LogP contribution in [0.25, 0.3) is 0 Å². The second-order valence-corrected chi connectivity index (χ2v) is 6.98. The summed E-state index contributed by atoms with van der Waals surface area (Å²) in [7, 11) is -1.63. The maximum atomic E-state index is 12.1. The van der Waals surface area contributed by atoms with Gasteiger partial charge in [-0.3, -0.25) is 4.68 Å². The largest absolute Gasteiger partial charge is 0.378 e. The van der Waals surface area contributed by atoms with Gasteiger partial charge in [0.05, 0.1) is 18.8 Å². The molecule has 0 amide bonds. The summed E-state index contributed by atoms with van der Waals surface area (Å²) in [5.74, 6) is 0. The summed E-state index contributed by atoms with van der Waals surface area (Å²) in [6.45, 7) is 2.57. The van der Waals surface area contributed by atoms with Crippen LogP contribution in [0.4, 0.5) is 0 Å². The van der Waals surface area contributed by atoms with Crippen molar-refractivity contribution in [2.24, 2.45) is 0 Å². The zero-order chi connectivity index (χ0) is 15.1. The van der Waals surface area contributed by atoms with Crippen LogP contribution in [0.2, 0.25) is 0 Å². The molecule has 120 valence electrons. The van der Waals surface area contributed by atoms with Crippen molar-refractivity contribution in [2.75, 3.05) is 26.7 Å². The SMILES string of the molecule is CNCCn1cc(S(=O)(=O)NCCC2CCCCO2)cn1. The van der Waals surface area contributed by atoms with E-state index in [0.29, 0.717) is 19.5 Å². The van der Waals surface area contributed by atoms with Crippen molar-refractivity contribution >= 4 is 10.0 Å². The zero-order valence-corrected chi connectivity index (χ0v) is 13.2. The quantitative estimate of drug-likeness (QED) is 0.722. The second-order valence-electron chi connectivity index (χ2n) is 5.22. The predicted octanol–water partition coefficient (Wildman–Crippen LogP) is 0.340. The molecular weight excluding hydrogens is 292 g/mol. The standard InChI is InChI=1S/C13H24N4O3S/c1-14-7-8-17-11-13(10-15-17)21(18,19)16-6-5-12-4-2-3-9-20-12/h10-12,14,16H,2-9H2,1H3. The lowest BCUT2D eigenvalue weighted by Crippen LogP contribution is -2.29. The van der Waals surface area contributed by atoms with Crippen molar-refractivity contribution in [3.05, 3.63) is 12.4 Å². The zero-order valence-electron chi connectivity index (χ0n) is 12.4. The Hall–Kier alpha value is -0.960. The van der Waals surface area contributed by atoms with Gasteiger partial charge >= 0.3 is 0 Å². The van der Waals surface area contributed by atoms with Crippen LogP contribution in [0, 0.1) is 0 Å². The van der Waals surface area contributed by atoms with Crippen LogP contribution < -0.4 is 10.0 Å². The highest BCUT2D eigenvalue weighted by molar-refractivity contribution is 7.89. The van der Waals surface area contributed by atoms with Gasteiger partial charge in [-0.2, -0.15) is 5.10 Å². The highest BCUT2D eigenvalue weighted by atomic mass is 32.2. The predicted molar refractivity (Wildman–Crippen MR) is 79.6 cm³/mol. The third-order valence-electron chi connectivity index (χ3n) is 3.54. The third-order valence-corrected chi connectivity index (χ3v) is 4.96. The van der Waals surface area contributed by atoms with Gasteiger partial charge < -0.3 is 10.1 Å². The van der Waals surface area contributed by atoms with E-state index >= 15 is 0 Å². The van der Waals surface area contributed by atoms with E-state index in [4.69, 9.17) is 4.74 Å². The van der Waals surface area contributed by atoms with Gasteiger partial charge in [-0.25, -0.2) is 13.1 Å². The molecule has 1 atom stereocenters. The highest BCUT2D eigenvalue weighted by Crippen LogP contribution is 2.15. The summed E-state index contributed by atoms with van der Waals surface area (Å²) in [5.41, 5.74) is 0. The van der Waals surface area contributed by atoms with Gasteiger partial charge in [-0.1, -0.05) is 0 Å². The molecule has 2 rings (SSSR count). The minimum atomic E-state index is -3.47. The first-order valence-corrected chi connectivity index (χ1v) is 8.88. The van der Waals surface area contributed by atoms with Crippen molar-refractivity contribution in [3.8, 4) is 0 Å². The lowest BCUT2D eigenvalue weighted by molar-refractivity contribution is 0.0123. The molecule has 8 heteroatoms. The molecule has 0 saturated carbocycles. The van der Waals surface area contributed by atoms with Crippen LogP contribution in [0.15, 0.2) is 17.3 Å². The average Bonchev–Trinajstić information content (AvgIpc) is 2.96. The van der Waals surface area contributed by atoms with Crippen LogP contribution in [0.1, 0.15) is 25.7 Å². The minimum absolute atomic E-state index is 0.180. The Morgan fingerprint density at radius 3 is 3.00 bits per heavy atom. The molecule has 2 N–H and O–H groups in total. The molecule has 1 aromatic heterocycles. The summed E-state index contributed by atoms with van der Waals surface area (Å²) in [6.07, 6.45) is 7.12. The highest BCUT2D eigenvalue weighted by Gasteiger charge is 2.18. The summed E-state index contributed by atoms with van der Waals surface area (Å²) in [5, 5.41) is 7.05. The Kier molecular flexibility index (Phi) is 6.16. The maximum Gasteiger partial charge on any atom is 0.243 e. The van der Waals surface area contributed by atoms with Gasteiger partial charge in [0, 0.05) is 25.9 Å². The third kappa shape index (κ3) is 5.06. The topological polar surface area (TPSA) is 85.2 Å². The molecule has 1 aromatic rings. The van der Waals surface area contributed by atoms with Crippen LogP contribution in [-0.2, 0) is 21.3 Å². The number of hydrogen-bond acceptors (Lipinski definition) is 5. The van der Waals surface area contributed by atoms with E-state index in [-0.39, 0.29) is 11.0 Å². The molecule has 1 fully saturated rings. The summed E-state index contributed by atoms with van der Waals surface area (Å²) in [4.78, 5) is 0.211. The van der Waals surface area contributed by atoms with E-state index in [9.17, 15) is 8.42 Å². The van der Waals surface area contributed by atoms with E-state index in [1.165, 1.54) is 6.20 Å². The molecule has 0 aliphatic carbocycles. The smallest absolute Gasteiger partial charge is 0.243 e. The molecular formula is C13H24N4O3S. The lowest BCUT2D eigenvalue weighted by atomic mass is 10.1. The number of nitrogens with one attached hydrogen (secondary N) is 2. The van der Waals surface area contributed by atoms with Crippen molar-refractivity contribution in [1.29, 1.82) is 0 Å². The Morgan fingerprint density at radius 2 is 2.29 bits per heavy atom. The van der Waals surface area contributed by atoms with Crippen LogP contribution in [-0.4, -0.2) is 51.0 Å². The first-order chi connectivity index (χ1) is 10.1. The number of hydrogen-bond donors (Lipinski definition) is 2. The molecule has 2 heterocycles. The van der Waals surface area contributed by atoms with E-state index in [2.05, 4.69) is 15.1 Å². The molecule has 1 aliphatic rings. The van der Waals surface area contributed by atoms with Crippen molar-refractivity contribution in [2.45, 2.75) is 43.2 Å². The number of likely N-dealkylation sites (N-methyl/N-ethyl adjacent to an activating group) is 1. The van der Waals surface area contributed by atoms with E-state index in [1.54, 1.807) is 10.9 Å². The van der Waals surface area contributed by atoms with Gasteiger partial charge in [0.25, 0.3) is 0 Å². The fourth-order valence-electron chi connectivity index (χ4n) is 2.30. The number of aromatic nitrogens is 2. The molecule has 0 radical (unpaired) electrons. The summed E-state index contributed by atoms with van der Waals surface area (Å²) in [6, 6.07) is 0. The van der Waals surface area contributed by atoms with Gasteiger partial charge in [0.15, 0.2) is 0 Å². The van der Waals surface area contributed by atoms with Crippen molar-refractivity contribution < 1.29 is 13.2 Å². The monoisotopic (exact) mass is 316 g/mol. The van der Waals surface area contributed by atoms with E-state index in [1.807, 2.05) is 7.05 Å². The Bertz CT molecular complexity index is 523. The second kappa shape index (κ2) is 7.88. The molecule has 1 aliphatic heterocycles. The molecule has 0 spiro atoms. The van der Waals surface area contributed by atoms with E-state index in [0.717, 1.165) is 32.4 Å². The summed E-state index contributed by atoms with van der Waals surface area (Å²) >= 11 is 0. The fourth-order valence-corrected chi connectivity index (χ4v) is 3.30. The van der Waals surface area contributed by atoms with Crippen LogP contribution in [0.5, 0.6) is 0 Å². The van der Waals surface area contributed by atoms with Crippen LogP contribution in [0.3, 0.4) is 0 Å². The number of sulfonamides is 1. The normalized spacial score (nSPS) is 19.8. The fraction of sp³-hybridized carbons (Fsp3) is 0.769. The van der Waals surface area contributed by atoms with Crippen LogP contribution >= 0.6 is 0 Å². The van der Waals surface area contributed by atoms with E-state index < -0.39 is 10.0 Å². The first kappa shape index (κ1) is 16.4. The lowest BCUT2D eigenvalue weighted by Gasteiger charge is -2.22. The minimum Gasteiger partial charge on any atom is -0.378 e. The molecule has 0 bridgehead atoms.